The Morgan fingerprint density at radius 2 is 2.05 bits per heavy atom. The van der Waals surface area contributed by atoms with Crippen LogP contribution in [0.4, 0.5) is 10.5 Å². The molecule has 0 bridgehead atoms. The van der Waals surface area contributed by atoms with Gasteiger partial charge in [-0.2, -0.15) is 0 Å². The summed E-state index contributed by atoms with van der Waals surface area (Å²) in [7, 11) is 0. The average molecular weight is 276 g/mol. The summed E-state index contributed by atoms with van der Waals surface area (Å²) in [5.74, 6) is -0.863. The molecule has 0 fully saturated rings. The van der Waals surface area contributed by atoms with Gasteiger partial charge in [-0.25, -0.2) is 4.79 Å². The van der Waals surface area contributed by atoms with E-state index in [1.165, 1.54) is 0 Å². The molecule has 0 aliphatic rings. The summed E-state index contributed by atoms with van der Waals surface area (Å²) in [6.45, 7) is 5.80. The Bertz CT molecular complexity index is 459. The zero-order valence-corrected chi connectivity index (χ0v) is 11.6. The number of nitrogens with zero attached hydrogens (tertiary/aromatic N) is 1. The van der Waals surface area contributed by atoms with Crippen molar-refractivity contribution in [2.45, 2.75) is 25.8 Å². The number of nitrogens with one attached hydrogen (secondary N) is 1. The molecule has 1 rings (SSSR count). The second-order valence-corrected chi connectivity index (χ2v) is 4.46. The van der Waals surface area contributed by atoms with Gasteiger partial charge >= 0.3 is 12.0 Å². The summed E-state index contributed by atoms with van der Waals surface area (Å²) >= 11 is 0. The number of carboxylic acid groups (broad SMARTS) is 1. The zero-order chi connectivity index (χ0) is 15.0. The summed E-state index contributed by atoms with van der Waals surface area (Å²) in [6.07, 6.45) is 2.08. The lowest BCUT2D eigenvalue weighted by Crippen LogP contribution is -2.44. The van der Waals surface area contributed by atoms with E-state index >= 15 is 0 Å². The van der Waals surface area contributed by atoms with Crippen molar-refractivity contribution in [3.05, 3.63) is 43.0 Å². The summed E-state index contributed by atoms with van der Waals surface area (Å²) in [6, 6.07) is 8.77. The highest BCUT2D eigenvalue weighted by Crippen LogP contribution is 2.14. The van der Waals surface area contributed by atoms with Crippen molar-refractivity contribution in [3.63, 3.8) is 0 Å². The van der Waals surface area contributed by atoms with Crippen LogP contribution in [0.1, 0.15) is 19.8 Å². The number of aliphatic carboxylic acids is 1. The first kappa shape index (κ1) is 15.8. The number of rotatable bonds is 7. The number of hydrogen-bond acceptors (Lipinski definition) is 2. The maximum atomic E-state index is 12.2. The number of carboxylic acids is 1. The van der Waals surface area contributed by atoms with Crippen molar-refractivity contribution in [2.24, 2.45) is 0 Å². The summed E-state index contributed by atoms with van der Waals surface area (Å²) < 4.78 is 0. The second-order valence-electron chi connectivity index (χ2n) is 4.46. The number of hydrogen-bond donors (Lipinski definition) is 2. The topological polar surface area (TPSA) is 69.6 Å². The standard InChI is InChI=1S/C15H20N2O3/c1-3-12(2)16-15(20)17(11-7-10-14(18)19)13-8-5-4-6-9-13/h3-6,8-9,12H,1,7,10-11H2,2H3,(H,16,20)(H,18,19). The Labute approximate surface area is 118 Å². The number of carbonyl (C=O) groups excluding carboxylic acids is 1. The average Bonchev–Trinajstić information content (AvgIpc) is 2.44. The predicted molar refractivity (Wildman–Crippen MR) is 78.8 cm³/mol. The lowest BCUT2D eigenvalue weighted by atomic mass is 10.2. The first-order valence-corrected chi connectivity index (χ1v) is 6.52. The number of benzene rings is 1. The van der Waals surface area contributed by atoms with Gasteiger partial charge in [-0.05, 0) is 25.5 Å². The first-order valence-electron chi connectivity index (χ1n) is 6.52. The van der Waals surface area contributed by atoms with Crippen molar-refractivity contribution in [1.29, 1.82) is 0 Å². The smallest absolute Gasteiger partial charge is 0.322 e. The largest absolute Gasteiger partial charge is 0.481 e. The van der Waals surface area contributed by atoms with E-state index in [0.29, 0.717) is 13.0 Å². The van der Waals surface area contributed by atoms with Gasteiger partial charge in [0.15, 0.2) is 0 Å². The highest BCUT2D eigenvalue weighted by molar-refractivity contribution is 5.92. The Kier molecular flexibility index (Phi) is 6.29. The highest BCUT2D eigenvalue weighted by Gasteiger charge is 2.16. The van der Waals surface area contributed by atoms with Gasteiger partial charge in [-0.3, -0.25) is 9.69 Å². The molecule has 5 nitrogen and oxygen atoms in total. The third-order valence-corrected chi connectivity index (χ3v) is 2.79. The Balaban J connectivity index is 2.76. The first-order chi connectivity index (χ1) is 9.54. The van der Waals surface area contributed by atoms with Crippen LogP contribution in [-0.2, 0) is 4.79 Å². The molecule has 1 aromatic carbocycles. The Morgan fingerprint density at radius 3 is 2.60 bits per heavy atom. The number of amides is 2. The third kappa shape index (κ3) is 5.14. The van der Waals surface area contributed by atoms with Crippen molar-refractivity contribution in [2.75, 3.05) is 11.4 Å². The summed E-state index contributed by atoms with van der Waals surface area (Å²) in [5.41, 5.74) is 0.742. The van der Waals surface area contributed by atoms with Crippen molar-refractivity contribution in [1.82, 2.24) is 5.32 Å². The quantitative estimate of drug-likeness (QED) is 0.752. The molecule has 5 heteroatoms. The van der Waals surface area contributed by atoms with E-state index in [1.807, 2.05) is 37.3 Å². The molecule has 1 unspecified atom stereocenters. The molecule has 0 aromatic heterocycles. The molecular formula is C15H20N2O3. The maximum absolute atomic E-state index is 12.2. The van der Waals surface area contributed by atoms with E-state index in [1.54, 1.807) is 11.0 Å². The van der Waals surface area contributed by atoms with Crippen LogP contribution in [0.3, 0.4) is 0 Å². The van der Waals surface area contributed by atoms with Crippen LogP contribution in [0, 0.1) is 0 Å². The van der Waals surface area contributed by atoms with E-state index in [-0.39, 0.29) is 18.5 Å². The Morgan fingerprint density at radius 1 is 1.40 bits per heavy atom. The number of urea groups is 1. The number of anilines is 1. The minimum absolute atomic E-state index is 0.0353. The lowest BCUT2D eigenvalue weighted by molar-refractivity contribution is -0.137. The van der Waals surface area contributed by atoms with Gasteiger partial charge in [0.05, 0.1) is 0 Å². The molecule has 0 aliphatic heterocycles. The molecular weight excluding hydrogens is 256 g/mol. The van der Waals surface area contributed by atoms with Gasteiger partial charge in [0, 0.05) is 24.7 Å². The minimum Gasteiger partial charge on any atom is -0.481 e. The lowest BCUT2D eigenvalue weighted by Gasteiger charge is -2.24. The molecule has 108 valence electrons. The third-order valence-electron chi connectivity index (χ3n) is 2.79. The molecule has 1 aromatic rings. The van der Waals surface area contributed by atoms with Crippen LogP contribution in [-0.4, -0.2) is 29.7 Å². The van der Waals surface area contributed by atoms with E-state index in [2.05, 4.69) is 11.9 Å². The Hall–Kier alpha value is -2.30. The molecule has 0 saturated carbocycles. The van der Waals surface area contributed by atoms with Gasteiger partial charge in [0.25, 0.3) is 0 Å². The maximum Gasteiger partial charge on any atom is 0.322 e. The fourth-order valence-electron chi connectivity index (χ4n) is 1.68. The minimum atomic E-state index is -0.863. The van der Waals surface area contributed by atoms with Crippen LogP contribution in [0.25, 0.3) is 0 Å². The molecule has 0 saturated heterocycles. The van der Waals surface area contributed by atoms with Crippen LogP contribution >= 0.6 is 0 Å². The van der Waals surface area contributed by atoms with Gasteiger partial charge in [-0.15, -0.1) is 6.58 Å². The van der Waals surface area contributed by atoms with E-state index in [0.717, 1.165) is 5.69 Å². The molecule has 2 N–H and O–H groups in total. The zero-order valence-electron chi connectivity index (χ0n) is 11.6. The molecule has 1 atom stereocenters. The normalized spacial score (nSPS) is 11.4. The van der Waals surface area contributed by atoms with E-state index < -0.39 is 5.97 Å². The molecule has 0 aliphatic carbocycles. The number of para-hydroxylation sites is 1. The molecule has 0 spiro atoms. The number of carbonyl (C=O) groups is 2. The van der Waals surface area contributed by atoms with Crippen molar-refractivity contribution < 1.29 is 14.7 Å². The van der Waals surface area contributed by atoms with Gasteiger partial charge in [0.1, 0.15) is 0 Å². The van der Waals surface area contributed by atoms with Crippen LogP contribution in [0.5, 0.6) is 0 Å². The van der Waals surface area contributed by atoms with Crippen LogP contribution in [0.15, 0.2) is 43.0 Å². The molecule has 0 radical (unpaired) electrons. The van der Waals surface area contributed by atoms with Crippen molar-refractivity contribution in [3.8, 4) is 0 Å². The van der Waals surface area contributed by atoms with E-state index in [9.17, 15) is 9.59 Å². The van der Waals surface area contributed by atoms with Gasteiger partial charge < -0.3 is 10.4 Å². The van der Waals surface area contributed by atoms with Gasteiger partial charge in [0.2, 0.25) is 0 Å². The summed E-state index contributed by atoms with van der Waals surface area (Å²) in [5, 5.41) is 11.5. The summed E-state index contributed by atoms with van der Waals surface area (Å²) in [4.78, 5) is 24.3. The highest BCUT2D eigenvalue weighted by atomic mass is 16.4. The molecule has 0 heterocycles. The SMILES string of the molecule is C=CC(C)NC(=O)N(CCCC(=O)O)c1ccccc1. The fraction of sp³-hybridized carbons (Fsp3) is 0.333. The van der Waals surface area contributed by atoms with Crippen molar-refractivity contribution >= 4 is 17.7 Å². The van der Waals surface area contributed by atoms with E-state index in [4.69, 9.17) is 5.11 Å². The van der Waals surface area contributed by atoms with Crippen LogP contribution < -0.4 is 10.2 Å². The molecule has 20 heavy (non-hydrogen) atoms. The second kappa shape index (κ2) is 7.99. The monoisotopic (exact) mass is 276 g/mol. The fourth-order valence-corrected chi connectivity index (χ4v) is 1.68. The predicted octanol–water partition coefficient (Wildman–Crippen LogP) is 2.64. The van der Waals surface area contributed by atoms with Crippen LogP contribution in [0.2, 0.25) is 0 Å². The van der Waals surface area contributed by atoms with Gasteiger partial charge in [-0.1, -0.05) is 24.3 Å². The molecule has 2 amide bonds.